The molecule has 2 fully saturated rings. The Labute approximate surface area is 240 Å². The van der Waals surface area contributed by atoms with Gasteiger partial charge in [-0.05, 0) is 37.5 Å². The monoisotopic (exact) mass is 571 g/mol. The first-order valence-electron chi connectivity index (χ1n) is 14.0. The van der Waals surface area contributed by atoms with Gasteiger partial charge in [-0.2, -0.15) is 4.52 Å². The molecule has 7 rings (SSSR count). The van der Waals surface area contributed by atoms with E-state index in [1.165, 1.54) is 0 Å². The van der Waals surface area contributed by atoms with Crippen LogP contribution in [0.25, 0.3) is 27.9 Å². The first-order chi connectivity index (χ1) is 20.7. The van der Waals surface area contributed by atoms with E-state index in [-0.39, 0.29) is 25.4 Å². The summed E-state index contributed by atoms with van der Waals surface area (Å²) >= 11 is 0. The molecule has 1 atom stereocenters. The largest absolute Gasteiger partial charge is 0.470 e. The second-order valence-electron chi connectivity index (χ2n) is 10.1. The van der Waals surface area contributed by atoms with Crippen molar-refractivity contribution in [2.24, 2.45) is 0 Å². The molecular weight excluding hydrogens is 542 g/mol. The van der Waals surface area contributed by atoms with Crippen LogP contribution in [0.4, 0.5) is 0 Å². The SMILES string of the molecule is O=C(c1ccc(COc2nn3c(-c4cc(COC5CCCCO5)on4)nnc3c3ccccc23)nc1)N1CCOCC1. The van der Waals surface area contributed by atoms with Gasteiger partial charge in [0.05, 0.1) is 24.5 Å². The number of hydrogen-bond acceptors (Lipinski definition) is 11. The molecule has 1 amide bonds. The zero-order valence-corrected chi connectivity index (χ0v) is 22.8. The fraction of sp³-hybridized carbons (Fsp3) is 0.379. The van der Waals surface area contributed by atoms with Gasteiger partial charge in [-0.15, -0.1) is 15.3 Å². The second-order valence-corrected chi connectivity index (χ2v) is 10.1. The van der Waals surface area contributed by atoms with Crippen LogP contribution in [0.3, 0.4) is 0 Å². The van der Waals surface area contributed by atoms with E-state index in [1.807, 2.05) is 24.3 Å². The number of nitrogens with zero attached hydrogens (tertiary/aromatic N) is 7. The first kappa shape index (κ1) is 26.4. The van der Waals surface area contributed by atoms with Crippen molar-refractivity contribution in [3.63, 3.8) is 0 Å². The minimum atomic E-state index is -0.232. The Morgan fingerprint density at radius 1 is 1.00 bits per heavy atom. The maximum absolute atomic E-state index is 12.7. The number of amides is 1. The molecule has 6 heterocycles. The number of carbonyl (C=O) groups excluding carboxylic acids is 1. The summed E-state index contributed by atoms with van der Waals surface area (Å²) in [6.07, 6.45) is 4.35. The van der Waals surface area contributed by atoms with E-state index < -0.39 is 0 Å². The second kappa shape index (κ2) is 11.8. The smallest absolute Gasteiger partial charge is 0.255 e. The van der Waals surface area contributed by atoms with Crippen LogP contribution >= 0.6 is 0 Å². The molecule has 0 bridgehead atoms. The number of ether oxygens (including phenoxy) is 4. The lowest BCUT2D eigenvalue weighted by molar-refractivity contribution is -0.171. The van der Waals surface area contributed by atoms with E-state index in [9.17, 15) is 4.79 Å². The van der Waals surface area contributed by atoms with Crippen molar-refractivity contribution in [3.05, 3.63) is 65.7 Å². The molecule has 13 heteroatoms. The normalized spacial score (nSPS) is 17.6. The van der Waals surface area contributed by atoms with E-state index in [1.54, 1.807) is 33.8 Å². The number of fused-ring (bicyclic) bond motifs is 3. The number of benzene rings is 1. The summed E-state index contributed by atoms with van der Waals surface area (Å²) in [7, 11) is 0. The minimum absolute atomic E-state index is 0.0542. The number of pyridine rings is 1. The lowest BCUT2D eigenvalue weighted by Gasteiger charge is -2.26. The summed E-state index contributed by atoms with van der Waals surface area (Å²) in [5, 5.41) is 19.3. The van der Waals surface area contributed by atoms with E-state index in [4.69, 9.17) is 28.6 Å². The highest BCUT2D eigenvalue weighted by Crippen LogP contribution is 2.29. The Balaban J connectivity index is 1.10. The summed E-state index contributed by atoms with van der Waals surface area (Å²) in [6.45, 7) is 3.35. The highest BCUT2D eigenvalue weighted by molar-refractivity contribution is 5.97. The van der Waals surface area contributed by atoms with Gasteiger partial charge in [-0.25, -0.2) is 0 Å². The minimum Gasteiger partial charge on any atom is -0.470 e. The molecule has 42 heavy (non-hydrogen) atoms. The van der Waals surface area contributed by atoms with Crippen LogP contribution < -0.4 is 4.74 Å². The van der Waals surface area contributed by atoms with Crippen molar-refractivity contribution in [1.82, 2.24) is 34.9 Å². The van der Waals surface area contributed by atoms with Gasteiger partial charge in [0, 0.05) is 42.7 Å². The van der Waals surface area contributed by atoms with Crippen molar-refractivity contribution < 1.29 is 28.3 Å². The maximum Gasteiger partial charge on any atom is 0.255 e. The van der Waals surface area contributed by atoms with Crippen LogP contribution in [0.1, 0.15) is 41.1 Å². The van der Waals surface area contributed by atoms with Crippen molar-refractivity contribution in [2.75, 3.05) is 32.9 Å². The van der Waals surface area contributed by atoms with Crippen molar-refractivity contribution in [3.8, 4) is 17.4 Å². The van der Waals surface area contributed by atoms with E-state index in [0.717, 1.165) is 30.0 Å². The molecule has 0 saturated carbocycles. The highest BCUT2D eigenvalue weighted by atomic mass is 16.7. The molecule has 0 N–H and O–H groups in total. The quantitative estimate of drug-likeness (QED) is 0.271. The third-order valence-electron chi connectivity index (χ3n) is 7.29. The first-order valence-corrected chi connectivity index (χ1v) is 14.0. The Hall–Kier alpha value is -4.46. The van der Waals surface area contributed by atoms with Gasteiger partial charge in [0.2, 0.25) is 11.7 Å². The Bertz CT molecular complexity index is 1690. The van der Waals surface area contributed by atoms with Crippen LogP contribution in [-0.4, -0.2) is 80.0 Å². The van der Waals surface area contributed by atoms with Crippen LogP contribution in [0.2, 0.25) is 0 Å². The maximum atomic E-state index is 12.7. The summed E-state index contributed by atoms with van der Waals surface area (Å²) in [6, 6.07) is 13.0. The van der Waals surface area contributed by atoms with Crippen LogP contribution in [-0.2, 0) is 27.4 Å². The number of aromatic nitrogens is 6. The summed E-state index contributed by atoms with van der Waals surface area (Å²) in [5.74, 6) is 1.29. The van der Waals surface area contributed by atoms with Gasteiger partial charge >= 0.3 is 0 Å². The van der Waals surface area contributed by atoms with Crippen molar-refractivity contribution >= 4 is 22.3 Å². The molecule has 5 aromatic rings. The van der Waals surface area contributed by atoms with E-state index in [2.05, 4.69) is 20.3 Å². The standard InChI is InChI=1S/C29H29N7O6/c37-29(35-10-13-38-14-11-35)19-8-9-20(30-16-19)17-41-28-23-6-2-1-5-22(23)26-31-32-27(36(26)33-28)24-15-21(42-34-24)18-40-25-7-3-4-12-39-25/h1-2,5-6,8-9,15-16,25H,3-4,7,10-14,17-18H2. The molecule has 0 aliphatic carbocycles. The van der Waals surface area contributed by atoms with Crippen molar-refractivity contribution in [1.29, 1.82) is 0 Å². The number of morpholine rings is 1. The molecule has 2 saturated heterocycles. The lowest BCUT2D eigenvalue weighted by Crippen LogP contribution is -2.40. The molecule has 2 aliphatic heterocycles. The Morgan fingerprint density at radius 3 is 2.69 bits per heavy atom. The predicted octanol–water partition coefficient (Wildman–Crippen LogP) is 3.42. The zero-order valence-electron chi connectivity index (χ0n) is 22.8. The van der Waals surface area contributed by atoms with Gasteiger partial charge in [-0.3, -0.25) is 9.78 Å². The molecule has 216 valence electrons. The van der Waals surface area contributed by atoms with E-state index in [0.29, 0.717) is 73.0 Å². The fourth-order valence-electron chi connectivity index (χ4n) is 5.05. The molecule has 0 radical (unpaired) electrons. The van der Waals surface area contributed by atoms with Gasteiger partial charge in [0.1, 0.15) is 13.2 Å². The van der Waals surface area contributed by atoms with Crippen LogP contribution in [0, 0.1) is 0 Å². The summed E-state index contributed by atoms with van der Waals surface area (Å²) in [5.41, 5.74) is 2.23. The third-order valence-corrected chi connectivity index (χ3v) is 7.29. The molecular formula is C29H29N7O6. The van der Waals surface area contributed by atoms with Gasteiger partial charge in [-0.1, -0.05) is 23.4 Å². The van der Waals surface area contributed by atoms with Crippen LogP contribution in [0.5, 0.6) is 5.88 Å². The molecule has 4 aromatic heterocycles. The average Bonchev–Trinajstić information content (AvgIpc) is 3.71. The fourth-order valence-corrected chi connectivity index (χ4v) is 5.05. The zero-order chi connectivity index (χ0) is 28.3. The van der Waals surface area contributed by atoms with Gasteiger partial charge in [0.25, 0.3) is 5.91 Å². The Kier molecular flexibility index (Phi) is 7.43. The predicted molar refractivity (Wildman–Crippen MR) is 147 cm³/mol. The Morgan fingerprint density at radius 2 is 1.88 bits per heavy atom. The lowest BCUT2D eigenvalue weighted by atomic mass is 10.2. The number of hydrogen-bond donors (Lipinski definition) is 0. The number of carbonyl (C=O) groups is 1. The van der Waals surface area contributed by atoms with E-state index >= 15 is 0 Å². The molecule has 0 spiro atoms. The average molecular weight is 572 g/mol. The van der Waals surface area contributed by atoms with Crippen molar-refractivity contribution in [2.45, 2.75) is 38.8 Å². The number of rotatable bonds is 8. The molecule has 13 nitrogen and oxygen atoms in total. The van der Waals surface area contributed by atoms with Gasteiger partial charge in [0.15, 0.2) is 23.4 Å². The molecule has 1 aromatic carbocycles. The summed E-state index contributed by atoms with van der Waals surface area (Å²) < 4.78 is 30.1. The highest BCUT2D eigenvalue weighted by Gasteiger charge is 2.21. The third kappa shape index (κ3) is 5.41. The topological polar surface area (TPSA) is 139 Å². The summed E-state index contributed by atoms with van der Waals surface area (Å²) in [4.78, 5) is 19.0. The van der Waals surface area contributed by atoms with Crippen LogP contribution in [0.15, 0.2) is 53.2 Å². The molecule has 2 aliphatic rings. The van der Waals surface area contributed by atoms with Gasteiger partial charge < -0.3 is 28.4 Å². The molecule has 1 unspecified atom stereocenters.